The highest BCUT2D eigenvalue weighted by atomic mass is 32.2. The summed E-state index contributed by atoms with van der Waals surface area (Å²) in [5.74, 6) is 0. The fourth-order valence-electron chi connectivity index (χ4n) is 1.04. The Morgan fingerprint density at radius 2 is 1.91 bits per heavy atom. The maximum Gasteiger partial charge on any atom is 0.201 e. The van der Waals surface area contributed by atoms with Crippen molar-refractivity contribution in [2.75, 3.05) is 0 Å². The molecule has 0 amide bonds. The fraction of sp³-hybridized carbons (Fsp3) is 0. The Hall–Kier alpha value is -1.09. The van der Waals surface area contributed by atoms with Crippen LogP contribution in [0.2, 0.25) is 0 Å². The summed E-state index contributed by atoms with van der Waals surface area (Å²) in [5.41, 5.74) is 0.660. The van der Waals surface area contributed by atoms with Crippen LogP contribution in [0.1, 0.15) is 5.56 Å². The molecule has 3 heteroatoms. The van der Waals surface area contributed by atoms with Gasteiger partial charge in [-0.3, -0.25) is 0 Å². The average molecular weight is 165 g/mol. The van der Waals surface area contributed by atoms with E-state index in [4.69, 9.17) is 0 Å². The van der Waals surface area contributed by atoms with Gasteiger partial charge in [0.25, 0.3) is 0 Å². The average Bonchev–Trinajstić information content (AvgIpc) is 2.29. The predicted octanol–water partition coefficient (Wildman–Crippen LogP) is 1.14. The highest BCUT2D eigenvalue weighted by Crippen LogP contribution is 2.23. The van der Waals surface area contributed by atoms with Crippen LogP contribution < -0.4 is 0 Å². The number of fused-ring (bicyclic) bond motifs is 1. The summed E-state index contributed by atoms with van der Waals surface area (Å²) in [6.45, 7) is 0. The zero-order chi connectivity index (χ0) is 7.90. The first kappa shape index (κ1) is 6.61. The molecule has 1 radical (unpaired) electrons. The maximum atomic E-state index is 11.1. The Kier molecular flexibility index (Phi) is 1.17. The molecule has 0 atom stereocenters. The van der Waals surface area contributed by atoms with E-state index in [2.05, 4.69) is 6.08 Å². The predicted molar refractivity (Wildman–Crippen MR) is 40.5 cm³/mol. The summed E-state index contributed by atoms with van der Waals surface area (Å²) in [4.78, 5) is 0.361. The Labute approximate surface area is 65.1 Å². The molecular weight excluding hydrogens is 160 g/mol. The van der Waals surface area contributed by atoms with Crippen molar-refractivity contribution in [1.82, 2.24) is 0 Å². The van der Waals surface area contributed by atoms with Crippen LogP contribution in [0.5, 0.6) is 0 Å². The van der Waals surface area contributed by atoms with E-state index in [0.29, 0.717) is 10.5 Å². The van der Waals surface area contributed by atoms with E-state index in [0.717, 1.165) is 5.41 Å². The SMILES string of the molecule is O=S1(=O)C=[C]c2ccccc21. The third kappa shape index (κ3) is 0.886. The number of benzene rings is 1. The van der Waals surface area contributed by atoms with Gasteiger partial charge in [0.15, 0.2) is 0 Å². The van der Waals surface area contributed by atoms with Crippen molar-refractivity contribution >= 4 is 9.84 Å². The zero-order valence-corrected chi connectivity index (χ0v) is 6.43. The van der Waals surface area contributed by atoms with Crippen molar-refractivity contribution in [2.45, 2.75) is 4.90 Å². The van der Waals surface area contributed by atoms with Crippen molar-refractivity contribution in [3.05, 3.63) is 41.3 Å². The minimum atomic E-state index is -3.14. The second kappa shape index (κ2) is 1.95. The summed E-state index contributed by atoms with van der Waals surface area (Å²) in [5, 5.41) is 1.11. The first-order valence-electron chi connectivity index (χ1n) is 3.14. The summed E-state index contributed by atoms with van der Waals surface area (Å²) in [7, 11) is -3.14. The van der Waals surface area contributed by atoms with Gasteiger partial charge < -0.3 is 0 Å². The van der Waals surface area contributed by atoms with E-state index in [1.165, 1.54) is 0 Å². The van der Waals surface area contributed by atoms with Gasteiger partial charge in [0.05, 0.1) is 4.90 Å². The highest BCUT2D eigenvalue weighted by Gasteiger charge is 2.19. The van der Waals surface area contributed by atoms with Crippen molar-refractivity contribution in [1.29, 1.82) is 0 Å². The number of hydrogen-bond donors (Lipinski definition) is 0. The lowest BCUT2D eigenvalue weighted by Crippen LogP contribution is -1.91. The lowest BCUT2D eigenvalue weighted by molar-refractivity contribution is 0.605. The molecule has 11 heavy (non-hydrogen) atoms. The highest BCUT2D eigenvalue weighted by molar-refractivity contribution is 7.94. The van der Waals surface area contributed by atoms with Gasteiger partial charge in [-0.2, -0.15) is 0 Å². The Balaban J connectivity index is 2.84. The van der Waals surface area contributed by atoms with Crippen molar-refractivity contribution in [2.24, 2.45) is 0 Å². The summed E-state index contributed by atoms with van der Waals surface area (Å²) in [6.07, 6.45) is 2.68. The van der Waals surface area contributed by atoms with Crippen LogP contribution in [0, 0.1) is 6.08 Å². The first-order valence-corrected chi connectivity index (χ1v) is 4.69. The van der Waals surface area contributed by atoms with Crippen LogP contribution in [-0.2, 0) is 9.84 Å². The minimum absolute atomic E-state index is 0.361. The van der Waals surface area contributed by atoms with Gasteiger partial charge in [0.1, 0.15) is 0 Å². The zero-order valence-electron chi connectivity index (χ0n) is 5.61. The molecule has 0 aromatic heterocycles. The van der Waals surface area contributed by atoms with E-state index in [1.54, 1.807) is 24.3 Å². The lowest BCUT2D eigenvalue weighted by atomic mass is 10.2. The smallest absolute Gasteiger partial charge is 0.201 e. The van der Waals surface area contributed by atoms with Gasteiger partial charge in [0, 0.05) is 17.0 Å². The Morgan fingerprint density at radius 3 is 2.64 bits per heavy atom. The van der Waals surface area contributed by atoms with Crippen LogP contribution in [0.3, 0.4) is 0 Å². The van der Waals surface area contributed by atoms with Gasteiger partial charge in [-0.1, -0.05) is 18.2 Å². The minimum Gasteiger partial charge on any atom is -0.219 e. The molecule has 0 N–H and O–H groups in total. The molecule has 2 rings (SSSR count). The quantitative estimate of drug-likeness (QED) is 0.577. The Bertz CT molecular complexity index is 415. The molecular formula is C8H5O2S. The van der Waals surface area contributed by atoms with Gasteiger partial charge in [0.2, 0.25) is 9.84 Å². The summed E-state index contributed by atoms with van der Waals surface area (Å²) < 4.78 is 22.3. The van der Waals surface area contributed by atoms with Crippen LogP contribution in [0.25, 0.3) is 0 Å². The van der Waals surface area contributed by atoms with E-state index >= 15 is 0 Å². The van der Waals surface area contributed by atoms with Crippen LogP contribution in [-0.4, -0.2) is 8.42 Å². The standard InChI is InChI=1S/C8H5O2S/c9-11(10)6-5-7-3-1-2-4-8(7)11/h1-4,6H. The molecule has 1 aliphatic heterocycles. The molecule has 55 valence electrons. The monoisotopic (exact) mass is 165 g/mol. The van der Waals surface area contributed by atoms with E-state index in [-0.39, 0.29) is 0 Å². The maximum absolute atomic E-state index is 11.1. The van der Waals surface area contributed by atoms with Gasteiger partial charge in [-0.15, -0.1) is 0 Å². The Morgan fingerprint density at radius 1 is 1.18 bits per heavy atom. The molecule has 0 fully saturated rings. The van der Waals surface area contributed by atoms with Gasteiger partial charge >= 0.3 is 0 Å². The molecule has 1 aliphatic rings. The molecule has 0 saturated carbocycles. The van der Waals surface area contributed by atoms with Crippen molar-refractivity contribution in [3.8, 4) is 0 Å². The topological polar surface area (TPSA) is 34.1 Å². The van der Waals surface area contributed by atoms with Crippen LogP contribution >= 0.6 is 0 Å². The van der Waals surface area contributed by atoms with Crippen molar-refractivity contribution < 1.29 is 8.42 Å². The van der Waals surface area contributed by atoms with E-state index in [9.17, 15) is 8.42 Å². The molecule has 0 unspecified atom stereocenters. The van der Waals surface area contributed by atoms with Gasteiger partial charge in [-0.05, 0) is 6.07 Å². The van der Waals surface area contributed by atoms with Gasteiger partial charge in [-0.25, -0.2) is 8.42 Å². The molecule has 0 aliphatic carbocycles. The van der Waals surface area contributed by atoms with Crippen molar-refractivity contribution in [3.63, 3.8) is 0 Å². The molecule has 0 bridgehead atoms. The van der Waals surface area contributed by atoms with Crippen LogP contribution in [0.15, 0.2) is 34.6 Å². The second-order valence-corrected chi connectivity index (χ2v) is 4.07. The molecule has 1 heterocycles. The molecule has 2 nitrogen and oxygen atoms in total. The largest absolute Gasteiger partial charge is 0.219 e. The first-order chi connectivity index (χ1) is 5.20. The fourth-order valence-corrected chi connectivity index (χ4v) is 2.15. The molecule has 0 spiro atoms. The normalized spacial score (nSPS) is 18.2. The number of hydrogen-bond acceptors (Lipinski definition) is 2. The number of rotatable bonds is 0. The third-order valence-corrected chi connectivity index (χ3v) is 2.96. The second-order valence-electron chi connectivity index (χ2n) is 2.30. The third-order valence-electron chi connectivity index (χ3n) is 1.56. The van der Waals surface area contributed by atoms with Crippen LogP contribution in [0.4, 0.5) is 0 Å². The number of sulfone groups is 1. The molecule has 1 aromatic rings. The summed E-state index contributed by atoms with van der Waals surface area (Å²) >= 11 is 0. The lowest BCUT2D eigenvalue weighted by Gasteiger charge is -1.94. The molecule has 0 saturated heterocycles. The summed E-state index contributed by atoms with van der Waals surface area (Å²) in [6, 6.07) is 6.81. The van der Waals surface area contributed by atoms with E-state index < -0.39 is 9.84 Å². The molecule has 1 aromatic carbocycles. The van der Waals surface area contributed by atoms with E-state index in [1.807, 2.05) is 0 Å².